The molecular formula is C10H19NO. The van der Waals surface area contributed by atoms with Crippen LogP contribution in [0, 0.1) is 11.8 Å². The Morgan fingerprint density at radius 3 is 2.67 bits per heavy atom. The third-order valence-corrected chi connectivity index (χ3v) is 3.38. The Bertz CT molecular complexity index is 139. The molecule has 2 heteroatoms. The first kappa shape index (κ1) is 8.52. The molecule has 2 rings (SSSR count). The minimum atomic E-state index is 0.463. The van der Waals surface area contributed by atoms with Gasteiger partial charge in [0, 0.05) is 19.3 Å². The van der Waals surface area contributed by atoms with Crippen LogP contribution < -0.4 is 5.73 Å². The fourth-order valence-corrected chi connectivity index (χ4v) is 2.21. The van der Waals surface area contributed by atoms with Gasteiger partial charge in [-0.05, 0) is 37.5 Å². The second kappa shape index (κ2) is 3.75. The van der Waals surface area contributed by atoms with Crippen LogP contribution in [0.25, 0.3) is 0 Å². The van der Waals surface area contributed by atoms with Gasteiger partial charge in [0.2, 0.25) is 0 Å². The highest BCUT2D eigenvalue weighted by Gasteiger charge is 2.27. The van der Waals surface area contributed by atoms with Crippen molar-refractivity contribution in [3.8, 4) is 0 Å². The van der Waals surface area contributed by atoms with E-state index in [2.05, 4.69) is 0 Å². The maximum Gasteiger partial charge on any atom is 0.0495 e. The molecule has 0 bridgehead atoms. The second-order valence-corrected chi connectivity index (χ2v) is 4.32. The van der Waals surface area contributed by atoms with E-state index in [1.807, 2.05) is 0 Å². The molecule has 1 aliphatic heterocycles. The number of ether oxygens (including phenoxy) is 1. The zero-order valence-corrected chi connectivity index (χ0v) is 7.67. The fourth-order valence-electron chi connectivity index (χ4n) is 2.21. The van der Waals surface area contributed by atoms with Gasteiger partial charge in [-0.1, -0.05) is 6.42 Å². The van der Waals surface area contributed by atoms with E-state index in [0.29, 0.717) is 6.04 Å². The molecule has 2 N–H and O–H groups in total. The summed E-state index contributed by atoms with van der Waals surface area (Å²) in [6.45, 7) is 1.92. The molecule has 0 aromatic rings. The Morgan fingerprint density at radius 2 is 2.17 bits per heavy atom. The van der Waals surface area contributed by atoms with Crippen LogP contribution in [0.15, 0.2) is 0 Å². The molecule has 0 radical (unpaired) electrons. The van der Waals surface area contributed by atoms with Gasteiger partial charge in [0.25, 0.3) is 0 Å². The largest absolute Gasteiger partial charge is 0.381 e. The predicted molar refractivity (Wildman–Crippen MR) is 48.9 cm³/mol. The van der Waals surface area contributed by atoms with Crippen molar-refractivity contribution in [1.29, 1.82) is 0 Å². The summed E-state index contributed by atoms with van der Waals surface area (Å²) in [4.78, 5) is 0. The van der Waals surface area contributed by atoms with Crippen LogP contribution in [-0.2, 0) is 4.74 Å². The molecule has 2 aliphatic rings. The van der Waals surface area contributed by atoms with Gasteiger partial charge in [-0.25, -0.2) is 0 Å². The van der Waals surface area contributed by atoms with Gasteiger partial charge < -0.3 is 10.5 Å². The van der Waals surface area contributed by atoms with Gasteiger partial charge in [0.1, 0.15) is 0 Å². The Labute approximate surface area is 74.5 Å². The lowest BCUT2D eigenvalue weighted by molar-refractivity contribution is 0.173. The zero-order chi connectivity index (χ0) is 8.39. The standard InChI is InChI=1S/C10H19NO/c11-10(9-2-1-3-9)6-8-4-5-12-7-8/h8-10H,1-7,11H2. The lowest BCUT2D eigenvalue weighted by atomic mass is 9.77. The van der Waals surface area contributed by atoms with Crippen molar-refractivity contribution in [2.45, 2.75) is 38.1 Å². The van der Waals surface area contributed by atoms with Crippen LogP contribution in [0.1, 0.15) is 32.1 Å². The molecule has 0 aromatic carbocycles. The smallest absolute Gasteiger partial charge is 0.0495 e. The van der Waals surface area contributed by atoms with Crippen molar-refractivity contribution in [3.05, 3.63) is 0 Å². The summed E-state index contributed by atoms with van der Waals surface area (Å²) in [7, 11) is 0. The van der Waals surface area contributed by atoms with Crippen molar-refractivity contribution in [2.24, 2.45) is 17.6 Å². The molecule has 2 unspecified atom stereocenters. The Morgan fingerprint density at radius 1 is 1.33 bits per heavy atom. The molecule has 2 fully saturated rings. The molecule has 1 saturated carbocycles. The number of rotatable bonds is 3. The van der Waals surface area contributed by atoms with Crippen molar-refractivity contribution in [2.75, 3.05) is 13.2 Å². The van der Waals surface area contributed by atoms with Crippen LogP contribution in [0.3, 0.4) is 0 Å². The summed E-state index contributed by atoms with van der Waals surface area (Å²) in [5.74, 6) is 1.60. The topological polar surface area (TPSA) is 35.2 Å². The molecule has 0 aromatic heterocycles. The molecule has 2 atom stereocenters. The average molecular weight is 169 g/mol. The first-order chi connectivity index (χ1) is 5.86. The highest BCUT2D eigenvalue weighted by atomic mass is 16.5. The Kier molecular flexibility index (Phi) is 2.66. The maximum atomic E-state index is 6.10. The van der Waals surface area contributed by atoms with Crippen LogP contribution in [0.2, 0.25) is 0 Å². The number of hydrogen-bond acceptors (Lipinski definition) is 2. The molecule has 0 spiro atoms. The third-order valence-electron chi connectivity index (χ3n) is 3.38. The summed E-state index contributed by atoms with van der Waals surface area (Å²) in [6.07, 6.45) is 6.58. The van der Waals surface area contributed by atoms with E-state index >= 15 is 0 Å². The van der Waals surface area contributed by atoms with Crippen LogP contribution in [0.5, 0.6) is 0 Å². The third kappa shape index (κ3) is 1.80. The molecule has 12 heavy (non-hydrogen) atoms. The van der Waals surface area contributed by atoms with E-state index in [-0.39, 0.29) is 0 Å². The van der Waals surface area contributed by atoms with Crippen molar-refractivity contribution in [1.82, 2.24) is 0 Å². The van der Waals surface area contributed by atoms with Crippen LogP contribution >= 0.6 is 0 Å². The quantitative estimate of drug-likeness (QED) is 0.695. The van der Waals surface area contributed by atoms with Crippen molar-refractivity contribution >= 4 is 0 Å². The van der Waals surface area contributed by atoms with Gasteiger partial charge in [0.05, 0.1) is 0 Å². The van der Waals surface area contributed by atoms with Gasteiger partial charge in [-0.3, -0.25) is 0 Å². The zero-order valence-electron chi connectivity index (χ0n) is 7.67. The Hall–Kier alpha value is -0.0800. The maximum absolute atomic E-state index is 6.10. The van der Waals surface area contributed by atoms with E-state index in [9.17, 15) is 0 Å². The average Bonchev–Trinajstić information content (AvgIpc) is 2.34. The molecule has 70 valence electrons. The lowest BCUT2D eigenvalue weighted by Gasteiger charge is -2.32. The highest BCUT2D eigenvalue weighted by Crippen LogP contribution is 2.32. The summed E-state index contributed by atoms with van der Waals surface area (Å²) in [5, 5.41) is 0. The normalized spacial score (nSPS) is 33.2. The monoisotopic (exact) mass is 169 g/mol. The van der Waals surface area contributed by atoms with Gasteiger partial charge >= 0.3 is 0 Å². The summed E-state index contributed by atoms with van der Waals surface area (Å²) in [6, 6.07) is 0.463. The van der Waals surface area contributed by atoms with Crippen molar-refractivity contribution in [3.63, 3.8) is 0 Å². The predicted octanol–water partition coefficient (Wildman–Crippen LogP) is 1.54. The van der Waals surface area contributed by atoms with Crippen LogP contribution in [0.4, 0.5) is 0 Å². The minimum absolute atomic E-state index is 0.463. The number of nitrogens with two attached hydrogens (primary N) is 1. The summed E-state index contributed by atoms with van der Waals surface area (Å²) < 4.78 is 5.33. The second-order valence-electron chi connectivity index (χ2n) is 4.32. The summed E-state index contributed by atoms with van der Waals surface area (Å²) >= 11 is 0. The lowest BCUT2D eigenvalue weighted by Crippen LogP contribution is -2.36. The fraction of sp³-hybridized carbons (Fsp3) is 1.00. The van der Waals surface area contributed by atoms with Crippen molar-refractivity contribution < 1.29 is 4.74 Å². The van der Waals surface area contributed by atoms with E-state index in [1.165, 1.54) is 32.1 Å². The minimum Gasteiger partial charge on any atom is -0.381 e. The van der Waals surface area contributed by atoms with E-state index in [4.69, 9.17) is 10.5 Å². The molecule has 1 heterocycles. The van der Waals surface area contributed by atoms with Gasteiger partial charge in [-0.15, -0.1) is 0 Å². The number of hydrogen-bond donors (Lipinski definition) is 1. The Balaban J connectivity index is 1.69. The SMILES string of the molecule is NC(CC1CCOC1)C1CCC1. The first-order valence-electron chi connectivity index (χ1n) is 5.19. The van der Waals surface area contributed by atoms with Gasteiger partial charge in [-0.2, -0.15) is 0 Å². The highest BCUT2D eigenvalue weighted by molar-refractivity contribution is 4.82. The molecule has 2 nitrogen and oxygen atoms in total. The van der Waals surface area contributed by atoms with Gasteiger partial charge in [0.15, 0.2) is 0 Å². The van der Waals surface area contributed by atoms with E-state index in [1.54, 1.807) is 0 Å². The molecular weight excluding hydrogens is 150 g/mol. The molecule has 1 saturated heterocycles. The molecule has 0 amide bonds. The van der Waals surface area contributed by atoms with E-state index in [0.717, 1.165) is 25.0 Å². The molecule has 1 aliphatic carbocycles. The van der Waals surface area contributed by atoms with E-state index < -0.39 is 0 Å². The van der Waals surface area contributed by atoms with Crippen LogP contribution in [-0.4, -0.2) is 19.3 Å². The summed E-state index contributed by atoms with van der Waals surface area (Å²) in [5.41, 5.74) is 6.10. The first-order valence-corrected chi connectivity index (χ1v) is 5.19.